The molecule has 0 saturated carbocycles. The van der Waals surface area contributed by atoms with Gasteiger partial charge in [0.1, 0.15) is 0 Å². The fourth-order valence-electron chi connectivity index (χ4n) is 2.49. The molecule has 0 amide bonds. The molecule has 0 fully saturated rings. The Labute approximate surface area is 142 Å². The first-order valence-electron chi connectivity index (χ1n) is 8.54. The predicted octanol–water partition coefficient (Wildman–Crippen LogP) is 4.01. The maximum Gasteiger partial charge on any atom is 0.314 e. The quantitative estimate of drug-likeness (QED) is 0.622. The van der Waals surface area contributed by atoms with Crippen LogP contribution in [0.5, 0.6) is 0 Å². The van der Waals surface area contributed by atoms with Crippen molar-refractivity contribution in [1.29, 1.82) is 0 Å². The molecule has 0 saturated heterocycles. The van der Waals surface area contributed by atoms with E-state index in [2.05, 4.69) is 49.8 Å². The van der Waals surface area contributed by atoms with E-state index in [0.29, 0.717) is 11.0 Å². The van der Waals surface area contributed by atoms with Crippen molar-refractivity contribution in [2.75, 3.05) is 0 Å². The van der Waals surface area contributed by atoms with Gasteiger partial charge in [-0.05, 0) is 62.8 Å². The maximum atomic E-state index is 11.6. The molecule has 24 heavy (non-hydrogen) atoms. The Morgan fingerprint density at radius 1 is 0.833 bits per heavy atom. The first kappa shape index (κ1) is 18.0. The molecule has 0 unspecified atom stereocenters. The van der Waals surface area contributed by atoms with Crippen molar-refractivity contribution < 1.29 is 0 Å². The standard InChI is InChI=1S/C20H26N2O2/c1-5-13(3)7-9-15-11-17-18(22-20(24)19(23)21-17)12-16(15)10-8-14(4)6-2/h7-8,11-12H,5-6,9-10H2,1-4H3,(H,21,23)(H,22,24). The molecule has 0 radical (unpaired) electrons. The van der Waals surface area contributed by atoms with E-state index in [-0.39, 0.29) is 0 Å². The topological polar surface area (TPSA) is 65.7 Å². The van der Waals surface area contributed by atoms with Gasteiger partial charge in [-0.25, -0.2) is 0 Å². The Kier molecular flexibility index (Phi) is 5.96. The summed E-state index contributed by atoms with van der Waals surface area (Å²) in [5, 5.41) is 0. The van der Waals surface area contributed by atoms with Gasteiger partial charge >= 0.3 is 11.1 Å². The number of fused-ring (bicyclic) bond motifs is 1. The van der Waals surface area contributed by atoms with Crippen LogP contribution in [0.25, 0.3) is 11.0 Å². The van der Waals surface area contributed by atoms with Crippen molar-refractivity contribution >= 4 is 11.0 Å². The van der Waals surface area contributed by atoms with E-state index in [1.165, 1.54) is 22.3 Å². The highest BCUT2D eigenvalue weighted by atomic mass is 16.2. The second-order valence-electron chi connectivity index (χ2n) is 6.29. The lowest BCUT2D eigenvalue weighted by molar-refractivity contribution is 1.04. The summed E-state index contributed by atoms with van der Waals surface area (Å²) in [5.74, 6) is 0. The molecular formula is C20H26N2O2. The number of hydrogen-bond donors (Lipinski definition) is 2. The third-order valence-corrected chi connectivity index (χ3v) is 4.50. The van der Waals surface area contributed by atoms with Gasteiger partial charge in [-0.2, -0.15) is 0 Å². The molecule has 128 valence electrons. The molecule has 2 aromatic rings. The summed E-state index contributed by atoms with van der Waals surface area (Å²) in [7, 11) is 0. The molecule has 0 aliphatic heterocycles. The molecule has 4 nitrogen and oxygen atoms in total. The van der Waals surface area contributed by atoms with Gasteiger partial charge < -0.3 is 9.97 Å². The summed E-state index contributed by atoms with van der Waals surface area (Å²) in [4.78, 5) is 28.5. The fraction of sp³-hybridized carbons (Fsp3) is 0.400. The van der Waals surface area contributed by atoms with Gasteiger partial charge in [-0.1, -0.05) is 37.1 Å². The van der Waals surface area contributed by atoms with Crippen molar-refractivity contribution in [1.82, 2.24) is 9.97 Å². The molecule has 1 heterocycles. The first-order chi connectivity index (χ1) is 11.4. The van der Waals surface area contributed by atoms with Crippen LogP contribution in [0.2, 0.25) is 0 Å². The number of aromatic amines is 2. The largest absolute Gasteiger partial charge is 0.316 e. The number of aromatic nitrogens is 2. The Morgan fingerprint density at radius 2 is 1.21 bits per heavy atom. The lowest BCUT2D eigenvalue weighted by Crippen LogP contribution is -2.29. The highest BCUT2D eigenvalue weighted by Gasteiger charge is 2.07. The summed E-state index contributed by atoms with van der Waals surface area (Å²) in [5.41, 5.74) is 5.18. The van der Waals surface area contributed by atoms with Crippen LogP contribution in [0.4, 0.5) is 0 Å². The van der Waals surface area contributed by atoms with Crippen LogP contribution < -0.4 is 11.1 Å². The van der Waals surface area contributed by atoms with E-state index >= 15 is 0 Å². The zero-order chi connectivity index (χ0) is 17.7. The molecule has 0 aliphatic rings. The molecule has 2 N–H and O–H groups in total. The lowest BCUT2D eigenvalue weighted by Gasteiger charge is -2.10. The van der Waals surface area contributed by atoms with Gasteiger partial charge in [0, 0.05) is 0 Å². The maximum absolute atomic E-state index is 11.6. The van der Waals surface area contributed by atoms with E-state index in [4.69, 9.17) is 0 Å². The molecule has 2 rings (SSSR count). The zero-order valence-electron chi connectivity index (χ0n) is 15.0. The molecule has 0 atom stereocenters. The Morgan fingerprint density at radius 3 is 1.54 bits per heavy atom. The molecule has 1 aromatic heterocycles. The minimum Gasteiger partial charge on any atom is -0.316 e. The zero-order valence-corrected chi connectivity index (χ0v) is 15.0. The third kappa shape index (κ3) is 4.34. The van der Waals surface area contributed by atoms with Gasteiger partial charge in [0.15, 0.2) is 0 Å². The van der Waals surface area contributed by atoms with Gasteiger partial charge in [0.25, 0.3) is 0 Å². The Hall–Kier alpha value is -2.36. The number of H-pyrrole nitrogens is 2. The average Bonchev–Trinajstić information content (AvgIpc) is 2.58. The van der Waals surface area contributed by atoms with Crippen molar-refractivity contribution in [3.63, 3.8) is 0 Å². The van der Waals surface area contributed by atoms with E-state index in [1.807, 2.05) is 12.1 Å². The summed E-state index contributed by atoms with van der Waals surface area (Å²) in [6, 6.07) is 3.97. The van der Waals surface area contributed by atoms with Crippen LogP contribution in [0, 0.1) is 0 Å². The molecule has 0 spiro atoms. The van der Waals surface area contributed by atoms with Gasteiger partial charge in [-0.3, -0.25) is 9.59 Å². The second kappa shape index (κ2) is 7.95. The van der Waals surface area contributed by atoms with Crippen LogP contribution in [-0.4, -0.2) is 9.97 Å². The first-order valence-corrected chi connectivity index (χ1v) is 8.54. The van der Waals surface area contributed by atoms with Crippen molar-refractivity contribution in [3.05, 3.63) is 67.3 Å². The van der Waals surface area contributed by atoms with Crippen LogP contribution in [0.15, 0.2) is 45.0 Å². The highest BCUT2D eigenvalue weighted by molar-refractivity contribution is 5.76. The summed E-state index contributed by atoms with van der Waals surface area (Å²) < 4.78 is 0. The van der Waals surface area contributed by atoms with Crippen LogP contribution in [0.3, 0.4) is 0 Å². The number of nitrogens with one attached hydrogen (secondary N) is 2. The van der Waals surface area contributed by atoms with Crippen molar-refractivity contribution in [2.45, 2.75) is 53.4 Å². The van der Waals surface area contributed by atoms with Crippen LogP contribution in [0.1, 0.15) is 51.7 Å². The summed E-state index contributed by atoms with van der Waals surface area (Å²) in [6.07, 6.45) is 8.16. The normalized spacial score (nSPS) is 12.8. The fourth-order valence-corrected chi connectivity index (χ4v) is 2.49. The molecule has 1 aromatic carbocycles. The van der Waals surface area contributed by atoms with Gasteiger partial charge in [0.05, 0.1) is 11.0 Å². The summed E-state index contributed by atoms with van der Waals surface area (Å²) in [6.45, 7) is 8.54. The molecule has 4 heteroatoms. The predicted molar refractivity (Wildman–Crippen MR) is 101 cm³/mol. The molecular weight excluding hydrogens is 300 g/mol. The molecule has 0 bridgehead atoms. The summed E-state index contributed by atoms with van der Waals surface area (Å²) >= 11 is 0. The van der Waals surface area contributed by atoms with E-state index in [1.54, 1.807) is 0 Å². The Bertz CT molecular complexity index is 823. The smallest absolute Gasteiger partial charge is 0.314 e. The second-order valence-corrected chi connectivity index (χ2v) is 6.29. The number of hydrogen-bond acceptors (Lipinski definition) is 2. The monoisotopic (exact) mass is 326 g/mol. The number of allylic oxidation sites excluding steroid dienone is 4. The van der Waals surface area contributed by atoms with E-state index in [9.17, 15) is 9.59 Å². The average molecular weight is 326 g/mol. The highest BCUT2D eigenvalue weighted by Crippen LogP contribution is 2.19. The molecule has 0 aliphatic carbocycles. The van der Waals surface area contributed by atoms with Gasteiger partial charge in [-0.15, -0.1) is 0 Å². The Balaban J connectivity index is 2.54. The van der Waals surface area contributed by atoms with Crippen molar-refractivity contribution in [2.24, 2.45) is 0 Å². The SMILES string of the molecule is CCC(C)=CCc1cc2[nH]c(=O)c(=O)[nH]c2cc1CC=C(C)CC. The minimum absolute atomic E-state index is 0.608. The van der Waals surface area contributed by atoms with E-state index < -0.39 is 11.1 Å². The third-order valence-electron chi connectivity index (χ3n) is 4.50. The van der Waals surface area contributed by atoms with Crippen molar-refractivity contribution in [3.8, 4) is 0 Å². The van der Waals surface area contributed by atoms with E-state index in [0.717, 1.165) is 25.7 Å². The number of benzene rings is 1. The number of rotatable bonds is 6. The van der Waals surface area contributed by atoms with Crippen LogP contribution in [-0.2, 0) is 12.8 Å². The van der Waals surface area contributed by atoms with Crippen LogP contribution >= 0.6 is 0 Å². The van der Waals surface area contributed by atoms with Gasteiger partial charge in [0.2, 0.25) is 0 Å². The lowest BCUT2D eigenvalue weighted by atomic mass is 9.98. The minimum atomic E-state index is -0.608.